The van der Waals surface area contributed by atoms with Gasteiger partial charge >= 0.3 is 0 Å². The van der Waals surface area contributed by atoms with Gasteiger partial charge in [0.25, 0.3) is 0 Å². The molecule has 3 rings (SSSR count). The number of hydrogen-bond acceptors (Lipinski definition) is 3. The molecule has 0 saturated carbocycles. The van der Waals surface area contributed by atoms with Gasteiger partial charge in [-0.1, -0.05) is 30.3 Å². The summed E-state index contributed by atoms with van der Waals surface area (Å²) in [5, 5.41) is 8.23. The van der Waals surface area contributed by atoms with Crippen LogP contribution in [0.2, 0.25) is 0 Å². The second kappa shape index (κ2) is 5.62. The van der Waals surface area contributed by atoms with Crippen LogP contribution in [0.15, 0.2) is 42.6 Å². The molecule has 1 N–H and O–H groups in total. The summed E-state index contributed by atoms with van der Waals surface area (Å²) in [4.78, 5) is 2.52. The summed E-state index contributed by atoms with van der Waals surface area (Å²) >= 11 is 0. The summed E-state index contributed by atoms with van der Waals surface area (Å²) in [5.74, 6) is 0. The Morgan fingerprint density at radius 2 is 2.05 bits per heavy atom. The lowest BCUT2D eigenvalue weighted by molar-refractivity contribution is 0.0865. The van der Waals surface area contributed by atoms with Crippen molar-refractivity contribution in [2.45, 2.75) is 32.0 Å². The van der Waals surface area contributed by atoms with Crippen LogP contribution in [0.1, 0.15) is 25.1 Å². The average molecular weight is 284 g/mol. The van der Waals surface area contributed by atoms with Crippen molar-refractivity contribution in [3.8, 4) is 0 Å². The zero-order valence-electron chi connectivity index (χ0n) is 13.1. The first-order valence-electron chi connectivity index (χ1n) is 7.60. The fourth-order valence-corrected chi connectivity index (χ4v) is 3.09. The lowest BCUT2D eigenvalue weighted by Crippen LogP contribution is -2.59. The molecule has 0 spiro atoms. The Morgan fingerprint density at radius 1 is 1.29 bits per heavy atom. The smallest absolute Gasteiger partial charge is 0.0764 e. The molecule has 0 amide bonds. The topological polar surface area (TPSA) is 33.1 Å². The molecule has 4 heteroatoms. The van der Waals surface area contributed by atoms with E-state index in [4.69, 9.17) is 0 Å². The van der Waals surface area contributed by atoms with Crippen LogP contribution in [0.25, 0.3) is 0 Å². The first-order chi connectivity index (χ1) is 10.1. The van der Waals surface area contributed by atoms with Crippen LogP contribution >= 0.6 is 0 Å². The van der Waals surface area contributed by atoms with Gasteiger partial charge in [0.05, 0.1) is 11.2 Å². The monoisotopic (exact) mass is 284 g/mol. The molecule has 0 radical (unpaired) electrons. The van der Waals surface area contributed by atoms with E-state index >= 15 is 0 Å². The molecule has 2 aromatic rings. The summed E-state index contributed by atoms with van der Waals surface area (Å²) in [6.07, 6.45) is 2.01. The van der Waals surface area contributed by atoms with E-state index < -0.39 is 0 Å². The second-order valence-electron chi connectivity index (χ2n) is 6.31. The minimum absolute atomic E-state index is 0.00253. The van der Waals surface area contributed by atoms with Gasteiger partial charge in [-0.2, -0.15) is 5.10 Å². The van der Waals surface area contributed by atoms with E-state index in [1.807, 2.05) is 17.9 Å². The summed E-state index contributed by atoms with van der Waals surface area (Å²) < 4.78 is 1.87. The summed E-state index contributed by atoms with van der Waals surface area (Å²) in [7, 11) is 1.97. The third kappa shape index (κ3) is 3.01. The molecule has 1 aliphatic heterocycles. The Balaban J connectivity index is 1.78. The Morgan fingerprint density at radius 3 is 2.71 bits per heavy atom. The third-order valence-electron chi connectivity index (χ3n) is 4.48. The molecule has 1 fully saturated rings. The van der Waals surface area contributed by atoms with Crippen molar-refractivity contribution in [2.24, 2.45) is 7.05 Å². The van der Waals surface area contributed by atoms with Crippen molar-refractivity contribution in [1.82, 2.24) is 20.0 Å². The third-order valence-corrected chi connectivity index (χ3v) is 4.48. The van der Waals surface area contributed by atoms with Gasteiger partial charge in [0, 0.05) is 38.9 Å². The van der Waals surface area contributed by atoms with Crippen molar-refractivity contribution in [2.75, 3.05) is 13.1 Å². The molecule has 4 nitrogen and oxygen atoms in total. The highest BCUT2D eigenvalue weighted by atomic mass is 15.3. The highest BCUT2D eigenvalue weighted by Gasteiger charge is 2.35. The first-order valence-corrected chi connectivity index (χ1v) is 7.60. The van der Waals surface area contributed by atoms with E-state index in [0.29, 0.717) is 6.04 Å². The lowest BCUT2D eigenvalue weighted by Gasteiger charge is -2.45. The van der Waals surface area contributed by atoms with E-state index in [9.17, 15) is 0 Å². The molecule has 0 aliphatic carbocycles. The number of aryl methyl sites for hydroxylation is 1. The van der Waals surface area contributed by atoms with Crippen molar-refractivity contribution < 1.29 is 0 Å². The maximum Gasteiger partial charge on any atom is 0.0764 e. The molecule has 1 saturated heterocycles. The number of rotatable bonds is 3. The minimum Gasteiger partial charge on any atom is -0.305 e. The zero-order valence-corrected chi connectivity index (χ0v) is 13.1. The predicted molar refractivity (Wildman–Crippen MR) is 84.9 cm³/mol. The van der Waals surface area contributed by atoms with Crippen molar-refractivity contribution in [3.05, 3.63) is 53.9 Å². The van der Waals surface area contributed by atoms with E-state index in [0.717, 1.165) is 25.3 Å². The van der Waals surface area contributed by atoms with Gasteiger partial charge in [-0.3, -0.25) is 9.58 Å². The summed E-state index contributed by atoms with van der Waals surface area (Å²) in [6, 6.07) is 13.3. The molecule has 1 aliphatic rings. The van der Waals surface area contributed by atoms with E-state index in [-0.39, 0.29) is 5.54 Å². The quantitative estimate of drug-likeness (QED) is 0.937. The van der Waals surface area contributed by atoms with Crippen LogP contribution in [0.3, 0.4) is 0 Å². The number of nitrogens with one attached hydrogen (secondary N) is 1. The number of aromatic nitrogens is 2. The first kappa shape index (κ1) is 14.3. The van der Waals surface area contributed by atoms with E-state index in [1.165, 1.54) is 5.56 Å². The van der Waals surface area contributed by atoms with Crippen LogP contribution in [0.5, 0.6) is 0 Å². The highest BCUT2D eigenvalue weighted by Crippen LogP contribution is 2.27. The van der Waals surface area contributed by atoms with Gasteiger partial charge in [0.2, 0.25) is 0 Å². The summed E-state index contributed by atoms with van der Waals surface area (Å²) in [6.45, 7) is 7.47. The Kier molecular flexibility index (Phi) is 3.83. The van der Waals surface area contributed by atoms with E-state index in [1.54, 1.807) is 0 Å². The van der Waals surface area contributed by atoms with Crippen LogP contribution in [-0.4, -0.2) is 33.8 Å². The fraction of sp³-hybridized carbons (Fsp3) is 0.471. The standard InChI is InChI=1S/C17H24N4/c1-14-11-18-17(2,15-7-5-4-6-8-15)13-21(14)12-16-9-10-20(3)19-16/h4-10,14,18H,11-13H2,1-3H3. The number of benzene rings is 1. The van der Waals surface area contributed by atoms with Crippen molar-refractivity contribution in [3.63, 3.8) is 0 Å². The number of hydrogen-bond donors (Lipinski definition) is 1. The fourth-order valence-electron chi connectivity index (χ4n) is 3.09. The molecule has 2 heterocycles. The maximum atomic E-state index is 4.51. The Bertz CT molecular complexity index is 592. The molecule has 2 unspecified atom stereocenters. The normalized spacial score (nSPS) is 26.9. The highest BCUT2D eigenvalue weighted by molar-refractivity contribution is 5.25. The molecule has 112 valence electrons. The van der Waals surface area contributed by atoms with Crippen LogP contribution in [0.4, 0.5) is 0 Å². The number of piperazine rings is 1. The minimum atomic E-state index is 0.00253. The molecule has 2 atom stereocenters. The Labute approximate surface area is 126 Å². The molecule has 21 heavy (non-hydrogen) atoms. The lowest BCUT2D eigenvalue weighted by atomic mass is 9.88. The van der Waals surface area contributed by atoms with E-state index in [2.05, 4.69) is 65.6 Å². The van der Waals surface area contributed by atoms with Crippen LogP contribution in [-0.2, 0) is 19.1 Å². The second-order valence-corrected chi connectivity index (χ2v) is 6.31. The molecular weight excluding hydrogens is 260 g/mol. The van der Waals surface area contributed by atoms with Gasteiger partial charge in [-0.25, -0.2) is 0 Å². The van der Waals surface area contributed by atoms with Gasteiger partial charge in [0.15, 0.2) is 0 Å². The van der Waals surface area contributed by atoms with Gasteiger partial charge < -0.3 is 5.32 Å². The molecule has 1 aromatic carbocycles. The number of nitrogens with zero attached hydrogens (tertiary/aromatic N) is 3. The van der Waals surface area contributed by atoms with Crippen molar-refractivity contribution >= 4 is 0 Å². The van der Waals surface area contributed by atoms with Gasteiger partial charge in [-0.15, -0.1) is 0 Å². The molecule has 1 aromatic heterocycles. The zero-order chi connectivity index (χ0) is 14.9. The van der Waals surface area contributed by atoms with Gasteiger partial charge in [0.1, 0.15) is 0 Å². The van der Waals surface area contributed by atoms with Crippen LogP contribution < -0.4 is 5.32 Å². The maximum absolute atomic E-state index is 4.51. The van der Waals surface area contributed by atoms with Gasteiger partial charge in [-0.05, 0) is 25.5 Å². The largest absolute Gasteiger partial charge is 0.305 e. The predicted octanol–water partition coefficient (Wildman–Crippen LogP) is 2.13. The van der Waals surface area contributed by atoms with Crippen molar-refractivity contribution in [1.29, 1.82) is 0 Å². The molecular formula is C17H24N4. The summed E-state index contributed by atoms with van der Waals surface area (Å²) in [5.41, 5.74) is 2.49. The SMILES string of the molecule is CC1CNC(C)(c2ccccc2)CN1Cc1ccn(C)n1. The van der Waals surface area contributed by atoms with Crippen LogP contribution in [0, 0.1) is 0 Å². The average Bonchev–Trinajstić information content (AvgIpc) is 2.89. The Hall–Kier alpha value is -1.65. The molecule has 0 bridgehead atoms.